The fourth-order valence-electron chi connectivity index (χ4n) is 3.26. The van der Waals surface area contributed by atoms with Gasteiger partial charge in [-0.15, -0.1) is 0 Å². The molecule has 2 rings (SSSR count). The van der Waals surface area contributed by atoms with Gasteiger partial charge in [-0.2, -0.15) is 0 Å². The van der Waals surface area contributed by atoms with Crippen LogP contribution in [0, 0.1) is 0 Å². The largest absolute Gasteiger partial charge is 0.492 e. The number of nitrogens with zero attached hydrogens (tertiary/aromatic N) is 1. The van der Waals surface area contributed by atoms with E-state index in [4.69, 9.17) is 26.4 Å². The Morgan fingerprint density at radius 1 is 0.885 bits per heavy atom. The SMILES string of the molecule is CCOc1ccc(Cl)c2ccc(CCCCCCCCCCCO)nc12. The maximum absolute atomic E-state index is 8.76. The van der Waals surface area contributed by atoms with Crippen LogP contribution in [0.25, 0.3) is 10.9 Å². The zero-order valence-electron chi connectivity index (χ0n) is 16.0. The van der Waals surface area contributed by atoms with Gasteiger partial charge in [0.05, 0.1) is 11.6 Å². The summed E-state index contributed by atoms with van der Waals surface area (Å²) in [6.45, 7) is 2.95. The first kappa shape index (κ1) is 21.0. The van der Waals surface area contributed by atoms with E-state index in [0.717, 1.165) is 46.6 Å². The van der Waals surface area contributed by atoms with E-state index in [1.807, 2.05) is 19.1 Å². The molecule has 144 valence electrons. The Bertz CT molecular complexity index is 660. The highest BCUT2D eigenvalue weighted by Gasteiger charge is 2.08. The molecule has 3 nitrogen and oxygen atoms in total. The molecule has 0 aliphatic carbocycles. The molecule has 0 aliphatic heterocycles. The van der Waals surface area contributed by atoms with E-state index in [2.05, 4.69) is 12.1 Å². The minimum atomic E-state index is 0.334. The highest BCUT2D eigenvalue weighted by molar-refractivity contribution is 6.35. The maximum atomic E-state index is 8.76. The van der Waals surface area contributed by atoms with Crippen molar-refractivity contribution in [1.29, 1.82) is 0 Å². The van der Waals surface area contributed by atoms with Crippen molar-refractivity contribution in [2.45, 2.75) is 71.1 Å². The van der Waals surface area contributed by atoms with Crippen LogP contribution in [-0.2, 0) is 6.42 Å². The van der Waals surface area contributed by atoms with Gasteiger partial charge in [0.1, 0.15) is 11.3 Å². The predicted molar refractivity (Wildman–Crippen MR) is 110 cm³/mol. The first-order valence-electron chi connectivity index (χ1n) is 10.1. The summed E-state index contributed by atoms with van der Waals surface area (Å²) in [5.41, 5.74) is 1.99. The Morgan fingerprint density at radius 2 is 1.54 bits per heavy atom. The van der Waals surface area contributed by atoms with Crippen molar-refractivity contribution < 1.29 is 9.84 Å². The molecule has 1 N–H and O–H groups in total. The fraction of sp³-hybridized carbons (Fsp3) is 0.591. The summed E-state index contributed by atoms with van der Waals surface area (Å²) in [7, 11) is 0. The predicted octanol–water partition coefficient (Wildman–Crippen LogP) is 6.33. The highest BCUT2D eigenvalue weighted by Crippen LogP contribution is 2.30. The van der Waals surface area contributed by atoms with Crippen LogP contribution in [0.1, 0.15) is 70.4 Å². The van der Waals surface area contributed by atoms with E-state index < -0.39 is 0 Å². The van der Waals surface area contributed by atoms with Crippen molar-refractivity contribution in [2.24, 2.45) is 0 Å². The number of aliphatic hydroxyl groups is 1. The summed E-state index contributed by atoms with van der Waals surface area (Å²) in [6, 6.07) is 7.94. The zero-order chi connectivity index (χ0) is 18.6. The second-order valence-corrected chi connectivity index (χ2v) is 7.24. The van der Waals surface area contributed by atoms with Crippen molar-refractivity contribution in [3.63, 3.8) is 0 Å². The number of fused-ring (bicyclic) bond motifs is 1. The van der Waals surface area contributed by atoms with Crippen molar-refractivity contribution in [1.82, 2.24) is 4.98 Å². The molecule has 0 spiro atoms. The van der Waals surface area contributed by atoms with Gasteiger partial charge in [0, 0.05) is 17.7 Å². The van der Waals surface area contributed by atoms with E-state index in [-0.39, 0.29) is 0 Å². The van der Waals surface area contributed by atoms with Gasteiger partial charge in [-0.05, 0) is 50.5 Å². The molecular weight excluding hydrogens is 346 g/mol. The molecule has 0 amide bonds. The standard InChI is InChI=1S/C22H32ClNO2/c1-2-26-21-16-15-20(23)19-14-13-18(24-22(19)21)12-10-8-6-4-3-5-7-9-11-17-25/h13-16,25H,2-12,17H2,1H3. The summed E-state index contributed by atoms with van der Waals surface area (Å²) < 4.78 is 5.70. The molecule has 26 heavy (non-hydrogen) atoms. The van der Waals surface area contributed by atoms with Crippen molar-refractivity contribution in [3.8, 4) is 5.75 Å². The van der Waals surface area contributed by atoms with Crippen LogP contribution >= 0.6 is 11.6 Å². The third kappa shape index (κ3) is 6.77. The monoisotopic (exact) mass is 377 g/mol. The number of aromatic nitrogens is 1. The van der Waals surface area contributed by atoms with Gasteiger partial charge in [-0.25, -0.2) is 4.98 Å². The first-order chi connectivity index (χ1) is 12.8. The number of benzene rings is 1. The second kappa shape index (κ2) is 12.1. The Kier molecular flexibility index (Phi) is 9.80. The van der Waals surface area contributed by atoms with Gasteiger partial charge < -0.3 is 9.84 Å². The summed E-state index contributed by atoms with van der Waals surface area (Å²) in [5.74, 6) is 0.815. The topological polar surface area (TPSA) is 42.4 Å². The maximum Gasteiger partial charge on any atom is 0.145 e. The van der Waals surface area contributed by atoms with Crippen LogP contribution in [0.5, 0.6) is 5.75 Å². The van der Waals surface area contributed by atoms with Gasteiger partial charge in [-0.3, -0.25) is 0 Å². The van der Waals surface area contributed by atoms with E-state index in [1.165, 1.54) is 44.9 Å². The minimum absolute atomic E-state index is 0.334. The van der Waals surface area contributed by atoms with E-state index in [9.17, 15) is 0 Å². The van der Waals surface area contributed by atoms with E-state index in [1.54, 1.807) is 0 Å². The third-order valence-corrected chi connectivity index (χ3v) is 5.05. The zero-order valence-corrected chi connectivity index (χ0v) is 16.7. The number of halogens is 1. The smallest absolute Gasteiger partial charge is 0.145 e. The summed E-state index contributed by atoms with van der Waals surface area (Å²) >= 11 is 6.29. The molecule has 0 radical (unpaired) electrons. The lowest BCUT2D eigenvalue weighted by atomic mass is 10.1. The highest BCUT2D eigenvalue weighted by atomic mass is 35.5. The Balaban J connectivity index is 1.74. The van der Waals surface area contributed by atoms with E-state index in [0.29, 0.717) is 13.2 Å². The van der Waals surface area contributed by atoms with Gasteiger partial charge in [-0.1, -0.05) is 56.5 Å². The lowest BCUT2D eigenvalue weighted by Gasteiger charge is -2.10. The molecule has 1 heterocycles. The molecule has 0 saturated heterocycles. The van der Waals surface area contributed by atoms with E-state index >= 15 is 0 Å². The number of ether oxygens (including phenoxy) is 1. The van der Waals surface area contributed by atoms with Gasteiger partial charge >= 0.3 is 0 Å². The van der Waals surface area contributed by atoms with Gasteiger partial charge in [0.15, 0.2) is 0 Å². The average molecular weight is 378 g/mol. The van der Waals surface area contributed by atoms with Crippen LogP contribution in [0.15, 0.2) is 24.3 Å². The van der Waals surface area contributed by atoms with Gasteiger partial charge in [0.25, 0.3) is 0 Å². The molecule has 0 saturated carbocycles. The lowest BCUT2D eigenvalue weighted by molar-refractivity contribution is 0.282. The number of rotatable bonds is 13. The summed E-state index contributed by atoms with van der Waals surface area (Å²) in [4.78, 5) is 4.80. The number of hydrogen-bond donors (Lipinski definition) is 1. The molecule has 1 aromatic heterocycles. The Labute approximate surface area is 162 Å². The van der Waals surface area contributed by atoms with Crippen LogP contribution < -0.4 is 4.74 Å². The molecule has 2 aromatic rings. The molecule has 0 aliphatic rings. The second-order valence-electron chi connectivity index (χ2n) is 6.83. The number of aryl methyl sites for hydroxylation is 1. The number of aliphatic hydroxyl groups excluding tert-OH is 1. The van der Waals surface area contributed by atoms with Crippen molar-refractivity contribution in [3.05, 3.63) is 35.0 Å². The molecule has 0 unspecified atom stereocenters. The third-order valence-electron chi connectivity index (χ3n) is 4.72. The van der Waals surface area contributed by atoms with Crippen LogP contribution in [0.3, 0.4) is 0 Å². The fourth-order valence-corrected chi connectivity index (χ4v) is 3.48. The molecule has 1 aromatic carbocycles. The molecule has 0 bridgehead atoms. The number of hydrogen-bond acceptors (Lipinski definition) is 3. The van der Waals surface area contributed by atoms with Crippen LogP contribution in [-0.4, -0.2) is 23.3 Å². The minimum Gasteiger partial charge on any atom is -0.492 e. The van der Waals surface area contributed by atoms with Gasteiger partial charge in [0.2, 0.25) is 0 Å². The van der Waals surface area contributed by atoms with Crippen LogP contribution in [0.2, 0.25) is 5.02 Å². The quantitative estimate of drug-likeness (QED) is 0.414. The Morgan fingerprint density at radius 3 is 2.19 bits per heavy atom. The molecule has 0 fully saturated rings. The van der Waals surface area contributed by atoms with Crippen molar-refractivity contribution in [2.75, 3.05) is 13.2 Å². The van der Waals surface area contributed by atoms with Crippen LogP contribution in [0.4, 0.5) is 0 Å². The number of unbranched alkanes of at least 4 members (excludes halogenated alkanes) is 8. The lowest BCUT2D eigenvalue weighted by Crippen LogP contribution is -1.97. The normalized spacial score (nSPS) is 11.2. The average Bonchev–Trinajstić information content (AvgIpc) is 2.66. The van der Waals surface area contributed by atoms with Crippen molar-refractivity contribution >= 4 is 22.5 Å². The number of pyridine rings is 1. The Hall–Kier alpha value is -1.32. The molecule has 4 heteroatoms. The first-order valence-corrected chi connectivity index (χ1v) is 10.5. The summed E-state index contributed by atoms with van der Waals surface area (Å²) in [6.07, 6.45) is 12.0. The molecule has 0 atom stereocenters. The summed E-state index contributed by atoms with van der Waals surface area (Å²) in [5, 5.41) is 10.4. The molecular formula is C22H32ClNO2.